The van der Waals surface area contributed by atoms with Gasteiger partial charge in [-0.1, -0.05) is 30.4 Å². The Hall–Kier alpha value is -1.61. The van der Waals surface area contributed by atoms with Crippen molar-refractivity contribution in [3.63, 3.8) is 0 Å². The van der Waals surface area contributed by atoms with E-state index in [2.05, 4.69) is 53.1 Å². The average molecular weight is 229 g/mol. The molecule has 2 aromatic rings. The van der Waals surface area contributed by atoms with Gasteiger partial charge in [0, 0.05) is 18.4 Å². The number of para-hydroxylation sites is 1. The highest BCUT2D eigenvalue weighted by Gasteiger charge is 2.06. The van der Waals surface area contributed by atoms with Crippen LogP contribution in [0.15, 0.2) is 36.4 Å². The van der Waals surface area contributed by atoms with E-state index in [4.69, 9.17) is 5.73 Å². The molecular formula is C14H19N3. The molecule has 0 amide bonds. The van der Waals surface area contributed by atoms with E-state index in [0.717, 1.165) is 25.1 Å². The van der Waals surface area contributed by atoms with Crippen molar-refractivity contribution in [2.45, 2.75) is 26.3 Å². The van der Waals surface area contributed by atoms with E-state index in [1.54, 1.807) is 0 Å². The number of benzene rings is 1. The van der Waals surface area contributed by atoms with Gasteiger partial charge in [-0.05, 0) is 26.0 Å². The largest absolute Gasteiger partial charge is 0.330 e. The molecule has 0 aliphatic carbocycles. The van der Waals surface area contributed by atoms with E-state index in [-0.39, 0.29) is 0 Å². The summed E-state index contributed by atoms with van der Waals surface area (Å²) in [6.07, 6.45) is 6.10. The smallest absolute Gasteiger partial charge is 0.0740 e. The number of nitrogens with two attached hydrogens (primary N) is 1. The quantitative estimate of drug-likeness (QED) is 0.801. The standard InChI is InChI=1S/C14H19N3/c1-2-17-14-10-6-5-8-12(14)13(16-17)9-4-3-7-11-15/h3-6,8,10H,2,7,9,11,15H2,1H3. The lowest BCUT2D eigenvalue weighted by atomic mass is 10.1. The van der Waals surface area contributed by atoms with E-state index in [0.29, 0.717) is 6.54 Å². The van der Waals surface area contributed by atoms with E-state index < -0.39 is 0 Å². The molecule has 90 valence electrons. The molecule has 0 saturated heterocycles. The van der Waals surface area contributed by atoms with Gasteiger partial charge in [0.25, 0.3) is 0 Å². The first-order valence-corrected chi connectivity index (χ1v) is 6.16. The zero-order chi connectivity index (χ0) is 12.1. The third-order valence-corrected chi connectivity index (χ3v) is 2.85. The van der Waals surface area contributed by atoms with Gasteiger partial charge in [0.2, 0.25) is 0 Å². The highest BCUT2D eigenvalue weighted by Crippen LogP contribution is 2.18. The Bertz CT molecular complexity index is 511. The van der Waals surface area contributed by atoms with E-state index in [9.17, 15) is 0 Å². The molecule has 1 heterocycles. The second kappa shape index (κ2) is 5.64. The molecule has 2 N–H and O–H groups in total. The molecule has 0 saturated carbocycles. The summed E-state index contributed by atoms with van der Waals surface area (Å²) in [5.41, 5.74) is 7.82. The highest BCUT2D eigenvalue weighted by atomic mass is 15.3. The van der Waals surface area contributed by atoms with Crippen molar-refractivity contribution in [1.29, 1.82) is 0 Å². The number of rotatable bonds is 5. The lowest BCUT2D eigenvalue weighted by Gasteiger charge is -1.95. The fraction of sp³-hybridized carbons (Fsp3) is 0.357. The van der Waals surface area contributed by atoms with Crippen molar-refractivity contribution in [3.05, 3.63) is 42.1 Å². The first kappa shape index (κ1) is 11.9. The van der Waals surface area contributed by atoms with Gasteiger partial charge in [0.05, 0.1) is 11.2 Å². The molecule has 2 rings (SSSR count). The minimum Gasteiger partial charge on any atom is -0.330 e. The number of aryl methyl sites for hydroxylation is 1. The van der Waals surface area contributed by atoms with Crippen LogP contribution >= 0.6 is 0 Å². The Kier molecular flexibility index (Phi) is 3.94. The van der Waals surface area contributed by atoms with Crippen LogP contribution in [0.2, 0.25) is 0 Å². The third-order valence-electron chi connectivity index (χ3n) is 2.85. The Morgan fingerprint density at radius 1 is 1.29 bits per heavy atom. The normalized spacial score (nSPS) is 11.6. The molecule has 1 aromatic heterocycles. The number of fused-ring (bicyclic) bond motifs is 1. The molecule has 3 nitrogen and oxygen atoms in total. The molecule has 1 aromatic carbocycles. The summed E-state index contributed by atoms with van der Waals surface area (Å²) in [4.78, 5) is 0. The maximum Gasteiger partial charge on any atom is 0.0740 e. The zero-order valence-corrected chi connectivity index (χ0v) is 10.3. The summed E-state index contributed by atoms with van der Waals surface area (Å²) in [5, 5.41) is 5.90. The molecule has 0 spiro atoms. The van der Waals surface area contributed by atoms with Crippen LogP contribution < -0.4 is 5.73 Å². The van der Waals surface area contributed by atoms with Crippen LogP contribution in [-0.4, -0.2) is 16.3 Å². The van der Waals surface area contributed by atoms with Crippen LogP contribution in [0.3, 0.4) is 0 Å². The average Bonchev–Trinajstić information content (AvgIpc) is 2.73. The Morgan fingerprint density at radius 2 is 2.12 bits per heavy atom. The molecule has 0 atom stereocenters. The van der Waals surface area contributed by atoms with Crippen molar-refractivity contribution in [3.8, 4) is 0 Å². The van der Waals surface area contributed by atoms with Crippen molar-refractivity contribution in [2.24, 2.45) is 5.73 Å². The van der Waals surface area contributed by atoms with Crippen LogP contribution in [0.25, 0.3) is 10.9 Å². The number of hydrogen-bond donors (Lipinski definition) is 1. The van der Waals surface area contributed by atoms with Gasteiger partial charge in [-0.3, -0.25) is 4.68 Å². The third kappa shape index (κ3) is 2.56. The molecule has 3 heteroatoms. The van der Waals surface area contributed by atoms with E-state index >= 15 is 0 Å². The lowest BCUT2D eigenvalue weighted by Crippen LogP contribution is -1.97. The van der Waals surface area contributed by atoms with Crippen molar-refractivity contribution >= 4 is 10.9 Å². The van der Waals surface area contributed by atoms with Crippen LogP contribution in [0, 0.1) is 0 Å². The maximum absolute atomic E-state index is 5.45. The van der Waals surface area contributed by atoms with E-state index in [1.807, 2.05) is 0 Å². The first-order chi connectivity index (χ1) is 8.36. The predicted molar refractivity (Wildman–Crippen MR) is 71.9 cm³/mol. The summed E-state index contributed by atoms with van der Waals surface area (Å²) in [7, 11) is 0. The second-order valence-corrected chi connectivity index (χ2v) is 4.03. The van der Waals surface area contributed by atoms with Crippen LogP contribution in [-0.2, 0) is 13.0 Å². The number of allylic oxidation sites excluding steroid dienone is 1. The number of nitrogens with zero attached hydrogens (tertiary/aromatic N) is 2. The SMILES string of the molecule is CCn1nc(CC=CCCN)c2ccccc21. The van der Waals surface area contributed by atoms with Gasteiger partial charge in [0.1, 0.15) is 0 Å². The minimum absolute atomic E-state index is 0.709. The Balaban J connectivity index is 2.28. The zero-order valence-electron chi connectivity index (χ0n) is 10.3. The molecule has 0 fully saturated rings. The number of hydrogen-bond acceptors (Lipinski definition) is 2. The van der Waals surface area contributed by atoms with Gasteiger partial charge in [0.15, 0.2) is 0 Å². The summed E-state index contributed by atoms with van der Waals surface area (Å²) in [5.74, 6) is 0. The lowest BCUT2D eigenvalue weighted by molar-refractivity contribution is 0.672. The molecule has 0 unspecified atom stereocenters. The van der Waals surface area contributed by atoms with Crippen LogP contribution in [0.5, 0.6) is 0 Å². The van der Waals surface area contributed by atoms with E-state index in [1.165, 1.54) is 10.9 Å². The van der Waals surface area contributed by atoms with Crippen molar-refractivity contribution in [1.82, 2.24) is 9.78 Å². The summed E-state index contributed by atoms with van der Waals surface area (Å²) in [6, 6.07) is 8.39. The minimum atomic E-state index is 0.709. The summed E-state index contributed by atoms with van der Waals surface area (Å²) < 4.78 is 2.06. The summed E-state index contributed by atoms with van der Waals surface area (Å²) in [6.45, 7) is 3.74. The van der Waals surface area contributed by atoms with Gasteiger partial charge < -0.3 is 5.73 Å². The fourth-order valence-electron chi connectivity index (χ4n) is 2.00. The molecule has 0 aliphatic rings. The van der Waals surface area contributed by atoms with Crippen molar-refractivity contribution in [2.75, 3.05) is 6.54 Å². The summed E-state index contributed by atoms with van der Waals surface area (Å²) >= 11 is 0. The Labute approximate surface area is 102 Å². The van der Waals surface area contributed by atoms with Crippen LogP contribution in [0.4, 0.5) is 0 Å². The van der Waals surface area contributed by atoms with Gasteiger partial charge in [-0.15, -0.1) is 0 Å². The maximum atomic E-state index is 5.45. The number of aromatic nitrogens is 2. The molecule has 0 bridgehead atoms. The monoisotopic (exact) mass is 229 g/mol. The topological polar surface area (TPSA) is 43.8 Å². The molecule has 0 radical (unpaired) electrons. The van der Waals surface area contributed by atoms with Crippen molar-refractivity contribution < 1.29 is 0 Å². The Morgan fingerprint density at radius 3 is 2.88 bits per heavy atom. The van der Waals surface area contributed by atoms with Gasteiger partial charge >= 0.3 is 0 Å². The second-order valence-electron chi connectivity index (χ2n) is 4.03. The van der Waals surface area contributed by atoms with Gasteiger partial charge in [-0.2, -0.15) is 5.10 Å². The van der Waals surface area contributed by atoms with Crippen LogP contribution in [0.1, 0.15) is 19.0 Å². The first-order valence-electron chi connectivity index (χ1n) is 6.16. The molecule has 0 aliphatic heterocycles. The highest BCUT2D eigenvalue weighted by molar-refractivity contribution is 5.82. The predicted octanol–water partition coefficient (Wildman–Crippen LogP) is 2.50. The fourth-order valence-corrected chi connectivity index (χ4v) is 2.00. The molecule has 17 heavy (non-hydrogen) atoms. The molecular weight excluding hydrogens is 210 g/mol. The van der Waals surface area contributed by atoms with Gasteiger partial charge in [-0.25, -0.2) is 0 Å².